The third kappa shape index (κ3) is 3.07. The van der Waals surface area contributed by atoms with Gasteiger partial charge in [-0.05, 0) is 31.2 Å². The summed E-state index contributed by atoms with van der Waals surface area (Å²) in [5.74, 6) is -0.549. The van der Waals surface area contributed by atoms with Crippen molar-refractivity contribution in [3.63, 3.8) is 0 Å². The molecule has 0 fully saturated rings. The van der Waals surface area contributed by atoms with Crippen molar-refractivity contribution in [2.75, 3.05) is 6.61 Å². The highest BCUT2D eigenvalue weighted by Gasteiger charge is 2.24. The fourth-order valence-electron chi connectivity index (χ4n) is 2.54. The van der Waals surface area contributed by atoms with Gasteiger partial charge in [0.1, 0.15) is 10.7 Å². The van der Waals surface area contributed by atoms with Crippen molar-refractivity contribution in [3.8, 4) is 11.1 Å². The van der Waals surface area contributed by atoms with E-state index in [2.05, 4.69) is 4.98 Å². The van der Waals surface area contributed by atoms with E-state index in [0.717, 1.165) is 0 Å². The number of ether oxygens (including phenoxy) is 1. The molecule has 1 heterocycles. The van der Waals surface area contributed by atoms with Gasteiger partial charge in [-0.2, -0.15) is 0 Å². The number of halogens is 3. The van der Waals surface area contributed by atoms with Crippen LogP contribution in [0.3, 0.4) is 0 Å². The molecule has 0 atom stereocenters. The lowest BCUT2D eigenvalue weighted by Crippen LogP contribution is -2.09. The molecular formula is C18H12Cl3NO2. The first kappa shape index (κ1) is 17.0. The van der Waals surface area contributed by atoms with E-state index in [1.54, 1.807) is 31.2 Å². The summed E-state index contributed by atoms with van der Waals surface area (Å²) in [7, 11) is 0. The van der Waals surface area contributed by atoms with Crippen LogP contribution in [0.2, 0.25) is 15.2 Å². The van der Waals surface area contributed by atoms with Crippen molar-refractivity contribution < 1.29 is 9.53 Å². The first-order chi connectivity index (χ1) is 11.5. The third-order valence-electron chi connectivity index (χ3n) is 3.53. The van der Waals surface area contributed by atoms with Crippen LogP contribution in [-0.2, 0) is 4.74 Å². The molecule has 0 bridgehead atoms. The largest absolute Gasteiger partial charge is 0.462 e. The Hall–Kier alpha value is -1.81. The molecule has 0 aliphatic rings. The summed E-state index contributed by atoms with van der Waals surface area (Å²) in [6, 6.07) is 12.4. The van der Waals surface area contributed by atoms with E-state index in [1.807, 2.05) is 18.2 Å². The maximum atomic E-state index is 12.5. The van der Waals surface area contributed by atoms with E-state index >= 15 is 0 Å². The molecule has 2 aromatic carbocycles. The Balaban J connectivity index is 2.45. The number of benzene rings is 2. The lowest BCUT2D eigenvalue weighted by atomic mass is 9.96. The summed E-state index contributed by atoms with van der Waals surface area (Å²) >= 11 is 18.8. The van der Waals surface area contributed by atoms with Gasteiger partial charge in [0.15, 0.2) is 0 Å². The summed E-state index contributed by atoms with van der Waals surface area (Å²) < 4.78 is 5.15. The Morgan fingerprint density at radius 3 is 2.58 bits per heavy atom. The second-order valence-electron chi connectivity index (χ2n) is 5.01. The number of carbonyl (C=O) groups excluding carboxylic acids is 1. The zero-order chi connectivity index (χ0) is 17.3. The number of carbonyl (C=O) groups is 1. The summed E-state index contributed by atoms with van der Waals surface area (Å²) in [5.41, 5.74) is 2.03. The van der Waals surface area contributed by atoms with Crippen LogP contribution in [0.15, 0.2) is 42.5 Å². The van der Waals surface area contributed by atoms with Crippen molar-refractivity contribution in [3.05, 3.63) is 63.2 Å². The molecule has 3 aromatic rings. The van der Waals surface area contributed by atoms with E-state index in [4.69, 9.17) is 39.5 Å². The van der Waals surface area contributed by atoms with Gasteiger partial charge in [-0.25, -0.2) is 9.78 Å². The molecule has 0 amide bonds. The summed E-state index contributed by atoms with van der Waals surface area (Å²) in [5, 5.41) is 1.77. The Labute approximate surface area is 154 Å². The molecule has 0 radical (unpaired) electrons. The molecule has 3 rings (SSSR count). The van der Waals surface area contributed by atoms with Gasteiger partial charge in [-0.1, -0.05) is 53.0 Å². The van der Waals surface area contributed by atoms with Gasteiger partial charge in [-0.15, -0.1) is 0 Å². The minimum atomic E-state index is -0.549. The molecule has 0 spiro atoms. The van der Waals surface area contributed by atoms with Crippen LogP contribution in [0.25, 0.3) is 22.0 Å². The number of nitrogens with zero attached hydrogens (tertiary/aromatic N) is 1. The lowest BCUT2D eigenvalue weighted by Gasteiger charge is -2.15. The van der Waals surface area contributed by atoms with E-state index in [9.17, 15) is 4.79 Å². The molecule has 0 aliphatic carbocycles. The van der Waals surface area contributed by atoms with E-state index in [1.165, 1.54) is 0 Å². The molecule has 0 aliphatic heterocycles. The molecule has 122 valence electrons. The van der Waals surface area contributed by atoms with Crippen molar-refractivity contribution in [1.29, 1.82) is 0 Å². The molecule has 0 unspecified atom stereocenters. The Kier molecular flexibility index (Phi) is 4.95. The van der Waals surface area contributed by atoms with Gasteiger partial charge in [0.05, 0.1) is 12.1 Å². The summed E-state index contributed by atoms with van der Waals surface area (Å²) in [4.78, 5) is 16.8. The van der Waals surface area contributed by atoms with E-state index in [-0.39, 0.29) is 17.3 Å². The highest BCUT2D eigenvalue weighted by molar-refractivity contribution is 6.37. The van der Waals surface area contributed by atoms with Crippen LogP contribution < -0.4 is 0 Å². The molecule has 24 heavy (non-hydrogen) atoms. The van der Waals surface area contributed by atoms with Crippen molar-refractivity contribution in [2.45, 2.75) is 6.92 Å². The Bertz CT molecular complexity index is 941. The van der Waals surface area contributed by atoms with Gasteiger partial charge in [0, 0.05) is 26.6 Å². The van der Waals surface area contributed by atoms with Crippen molar-refractivity contribution in [2.24, 2.45) is 0 Å². The van der Waals surface area contributed by atoms with Crippen LogP contribution in [-0.4, -0.2) is 17.6 Å². The fourth-order valence-corrected chi connectivity index (χ4v) is 3.20. The SMILES string of the molecule is CCOC(=O)c1c(Cl)nc2ccc(Cl)cc2c1-c1ccccc1Cl. The Morgan fingerprint density at radius 1 is 1.12 bits per heavy atom. The minimum absolute atomic E-state index is 0.0678. The van der Waals surface area contributed by atoms with Crippen LogP contribution in [0.1, 0.15) is 17.3 Å². The van der Waals surface area contributed by atoms with Gasteiger partial charge >= 0.3 is 5.97 Å². The zero-order valence-electron chi connectivity index (χ0n) is 12.6. The highest BCUT2D eigenvalue weighted by Crippen LogP contribution is 2.39. The number of rotatable bonds is 3. The third-order valence-corrected chi connectivity index (χ3v) is 4.36. The maximum Gasteiger partial charge on any atom is 0.341 e. The van der Waals surface area contributed by atoms with Gasteiger partial charge in [-0.3, -0.25) is 0 Å². The number of esters is 1. The van der Waals surface area contributed by atoms with Gasteiger partial charge in [0.2, 0.25) is 0 Å². The van der Waals surface area contributed by atoms with Gasteiger partial charge < -0.3 is 4.74 Å². The van der Waals surface area contributed by atoms with Gasteiger partial charge in [0.25, 0.3) is 0 Å². The molecule has 0 saturated heterocycles. The summed E-state index contributed by atoms with van der Waals surface area (Å²) in [6.45, 7) is 1.96. The molecular weight excluding hydrogens is 369 g/mol. The normalized spacial score (nSPS) is 10.8. The Morgan fingerprint density at radius 2 is 1.88 bits per heavy atom. The van der Waals surface area contributed by atoms with Crippen LogP contribution in [0, 0.1) is 0 Å². The average Bonchev–Trinajstić information content (AvgIpc) is 2.55. The number of fused-ring (bicyclic) bond motifs is 1. The van der Waals surface area contributed by atoms with Crippen molar-refractivity contribution >= 4 is 51.7 Å². The first-order valence-electron chi connectivity index (χ1n) is 7.23. The highest BCUT2D eigenvalue weighted by atomic mass is 35.5. The number of hydrogen-bond acceptors (Lipinski definition) is 3. The first-order valence-corrected chi connectivity index (χ1v) is 8.37. The number of pyridine rings is 1. The number of aromatic nitrogens is 1. The molecule has 1 aromatic heterocycles. The molecule has 6 heteroatoms. The lowest BCUT2D eigenvalue weighted by molar-refractivity contribution is 0.0527. The topological polar surface area (TPSA) is 39.2 Å². The van der Waals surface area contributed by atoms with E-state index < -0.39 is 5.97 Å². The zero-order valence-corrected chi connectivity index (χ0v) is 14.9. The predicted octanol–water partition coefficient (Wildman–Crippen LogP) is 6.04. The molecule has 0 saturated carbocycles. The standard InChI is InChI=1S/C18H12Cl3NO2/c1-2-24-18(23)16-15(11-5-3-4-6-13(11)20)12-9-10(19)7-8-14(12)22-17(16)21/h3-9H,2H2,1H3. The minimum Gasteiger partial charge on any atom is -0.462 e. The van der Waals surface area contributed by atoms with Crippen LogP contribution in [0.4, 0.5) is 0 Å². The van der Waals surface area contributed by atoms with Crippen LogP contribution in [0.5, 0.6) is 0 Å². The predicted molar refractivity (Wildman–Crippen MR) is 98.2 cm³/mol. The van der Waals surface area contributed by atoms with Crippen molar-refractivity contribution in [1.82, 2.24) is 4.98 Å². The number of hydrogen-bond donors (Lipinski definition) is 0. The van der Waals surface area contributed by atoms with E-state index in [0.29, 0.717) is 32.1 Å². The monoisotopic (exact) mass is 379 g/mol. The fraction of sp³-hybridized carbons (Fsp3) is 0.111. The smallest absolute Gasteiger partial charge is 0.341 e. The summed E-state index contributed by atoms with van der Waals surface area (Å²) in [6.07, 6.45) is 0. The second kappa shape index (κ2) is 6.98. The second-order valence-corrected chi connectivity index (χ2v) is 6.22. The average molecular weight is 381 g/mol. The maximum absolute atomic E-state index is 12.5. The molecule has 3 nitrogen and oxygen atoms in total. The van der Waals surface area contributed by atoms with Crippen LogP contribution >= 0.6 is 34.8 Å². The quantitative estimate of drug-likeness (QED) is 0.411. The molecule has 0 N–H and O–H groups in total.